The smallest absolute Gasteiger partial charge is 0.230 e. The third kappa shape index (κ3) is 5.04. The van der Waals surface area contributed by atoms with Crippen molar-refractivity contribution in [1.82, 2.24) is 4.98 Å². The van der Waals surface area contributed by atoms with Crippen LogP contribution in [0.1, 0.15) is 41.8 Å². The van der Waals surface area contributed by atoms with Crippen LogP contribution >= 0.6 is 11.3 Å². The Kier molecular flexibility index (Phi) is 6.93. The second-order valence-electron chi connectivity index (χ2n) is 7.22. The minimum absolute atomic E-state index is 0.0948. The van der Waals surface area contributed by atoms with Gasteiger partial charge in [-0.25, -0.2) is 4.98 Å². The zero-order valence-corrected chi connectivity index (χ0v) is 19.2. The van der Waals surface area contributed by atoms with E-state index in [1.807, 2.05) is 33.1 Å². The average molecular weight is 436 g/mol. The molecule has 0 aliphatic heterocycles. The zero-order valence-electron chi connectivity index (χ0n) is 18.4. The first kappa shape index (κ1) is 22.3. The van der Waals surface area contributed by atoms with Gasteiger partial charge < -0.3 is 9.47 Å². The van der Waals surface area contributed by atoms with Crippen LogP contribution in [0.5, 0.6) is 11.5 Å². The van der Waals surface area contributed by atoms with E-state index in [-0.39, 0.29) is 12.5 Å². The topological polar surface area (TPSA) is 75.5 Å². The van der Waals surface area contributed by atoms with Crippen molar-refractivity contribution in [3.8, 4) is 17.6 Å². The van der Waals surface area contributed by atoms with E-state index in [2.05, 4.69) is 23.2 Å². The van der Waals surface area contributed by atoms with Gasteiger partial charge in [-0.2, -0.15) is 5.26 Å². The van der Waals surface area contributed by atoms with E-state index < -0.39 is 0 Å². The first-order valence-corrected chi connectivity index (χ1v) is 10.8. The molecule has 1 amide bonds. The molecule has 7 heteroatoms. The first-order valence-electron chi connectivity index (χ1n) is 9.96. The van der Waals surface area contributed by atoms with Crippen LogP contribution in [-0.4, -0.2) is 17.5 Å². The summed E-state index contributed by atoms with van der Waals surface area (Å²) in [5, 5.41) is 11.6. The predicted octanol–water partition coefficient (Wildman–Crippen LogP) is 5.60. The molecule has 160 valence electrons. The summed E-state index contributed by atoms with van der Waals surface area (Å²) in [6.07, 6.45) is 0. The molecule has 0 radical (unpaired) electrons. The minimum atomic E-state index is -0.0948. The van der Waals surface area contributed by atoms with Crippen LogP contribution in [0.4, 0.5) is 10.8 Å². The fraction of sp³-hybridized carbons (Fsp3) is 0.292. The molecule has 1 heterocycles. The standard InChI is InChI=1S/C24H25N3O3S/c1-6-29-22-11-19(12-25)7-8-21(22)30-13-20-14-31-24(26-20)27(18(5)28)23-16(3)9-15(2)10-17(23)4/h7-11,14H,6,13H2,1-5H3. The second-order valence-corrected chi connectivity index (χ2v) is 8.05. The lowest BCUT2D eigenvalue weighted by atomic mass is 10.0. The molecule has 3 rings (SSSR count). The van der Waals surface area contributed by atoms with Crippen molar-refractivity contribution < 1.29 is 14.3 Å². The van der Waals surface area contributed by atoms with Gasteiger partial charge in [0.05, 0.1) is 29.6 Å². The van der Waals surface area contributed by atoms with Gasteiger partial charge in [0.1, 0.15) is 6.61 Å². The van der Waals surface area contributed by atoms with Gasteiger partial charge in [-0.15, -0.1) is 11.3 Å². The number of benzene rings is 2. The highest BCUT2D eigenvalue weighted by Crippen LogP contribution is 2.35. The van der Waals surface area contributed by atoms with Crippen molar-refractivity contribution >= 4 is 28.1 Å². The van der Waals surface area contributed by atoms with Crippen LogP contribution in [0.2, 0.25) is 0 Å². The molecule has 0 atom stereocenters. The van der Waals surface area contributed by atoms with Gasteiger partial charge in [0, 0.05) is 18.4 Å². The molecular formula is C24H25N3O3S. The fourth-order valence-corrected chi connectivity index (χ4v) is 4.35. The van der Waals surface area contributed by atoms with Crippen LogP contribution < -0.4 is 14.4 Å². The molecule has 6 nitrogen and oxygen atoms in total. The third-order valence-electron chi connectivity index (χ3n) is 4.65. The molecule has 0 aliphatic carbocycles. The van der Waals surface area contributed by atoms with E-state index in [0.29, 0.717) is 34.5 Å². The van der Waals surface area contributed by atoms with Crippen molar-refractivity contribution in [2.75, 3.05) is 11.5 Å². The Labute approximate surface area is 186 Å². The molecule has 2 aromatic carbocycles. The molecule has 0 saturated carbocycles. The zero-order chi connectivity index (χ0) is 22.5. The number of rotatable bonds is 7. The molecular weight excluding hydrogens is 410 g/mol. The van der Waals surface area contributed by atoms with Gasteiger partial charge in [-0.05, 0) is 51.0 Å². The molecule has 1 aromatic heterocycles. The molecule has 0 unspecified atom stereocenters. The maximum Gasteiger partial charge on any atom is 0.230 e. The summed E-state index contributed by atoms with van der Waals surface area (Å²) in [5.74, 6) is 0.972. The van der Waals surface area contributed by atoms with E-state index in [0.717, 1.165) is 22.4 Å². The van der Waals surface area contributed by atoms with Gasteiger partial charge in [0.2, 0.25) is 5.91 Å². The Morgan fingerprint density at radius 3 is 2.45 bits per heavy atom. The number of hydrogen-bond donors (Lipinski definition) is 0. The minimum Gasteiger partial charge on any atom is -0.490 e. The summed E-state index contributed by atoms with van der Waals surface area (Å²) in [6, 6.07) is 11.3. The summed E-state index contributed by atoms with van der Waals surface area (Å²) in [4.78, 5) is 18.8. The number of carbonyl (C=O) groups is 1. The largest absolute Gasteiger partial charge is 0.490 e. The Bertz CT molecular complexity index is 1120. The van der Waals surface area contributed by atoms with Crippen molar-refractivity contribution in [2.24, 2.45) is 0 Å². The van der Waals surface area contributed by atoms with Crippen LogP contribution in [0.3, 0.4) is 0 Å². The summed E-state index contributed by atoms with van der Waals surface area (Å²) in [7, 11) is 0. The van der Waals surface area contributed by atoms with Gasteiger partial charge >= 0.3 is 0 Å². The normalized spacial score (nSPS) is 10.5. The number of thiazole rings is 1. The van der Waals surface area contributed by atoms with E-state index in [1.165, 1.54) is 11.3 Å². The lowest BCUT2D eigenvalue weighted by molar-refractivity contribution is -0.115. The number of hydrogen-bond acceptors (Lipinski definition) is 6. The number of amides is 1. The number of nitriles is 1. The summed E-state index contributed by atoms with van der Waals surface area (Å²) in [6.45, 7) is 10.2. The van der Waals surface area contributed by atoms with Crippen LogP contribution in [-0.2, 0) is 11.4 Å². The monoisotopic (exact) mass is 435 g/mol. The number of ether oxygens (including phenoxy) is 2. The highest BCUT2D eigenvalue weighted by atomic mass is 32.1. The van der Waals surface area contributed by atoms with E-state index in [1.54, 1.807) is 30.0 Å². The second kappa shape index (κ2) is 9.63. The lowest BCUT2D eigenvalue weighted by Crippen LogP contribution is -2.24. The van der Waals surface area contributed by atoms with E-state index >= 15 is 0 Å². The highest BCUT2D eigenvalue weighted by molar-refractivity contribution is 7.14. The Morgan fingerprint density at radius 1 is 1.13 bits per heavy atom. The number of aryl methyl sites for hydroxylation is 3. The van der Waals surface area contributed by atoms with Gasteiger partial charge in [-0.1, -0.05) is 17.7 Å². The average Bonchev–Trinajstić information content (AvgIpc) is 3.17. The Balaban J connectivity index is 1.84. The number of nitrogens with zero attached hydrogens (tertiary/aromatic N) is 3. The highest BCUT2D eigenvalue weighted by Gasteiger charge is 2.22. The Morgan fingerprint density at radius 2 is 1.84 bits per heavy atom. The summed E-state index contributed by atoms with van der Waals surface area (Å²) < 4.78 is 11.5. The fourth-order valence-electron chi connectivity index (χ4n) is 3.50. The van der Waals surface area contributed by atoms with Crippen molar-refractivity contribution in [3.63, 3.8) is 0 Å². The Hall–Kier alpha value is -3.37. The molecule has 0 spiro atoms. The number of carbonyl (C=O) groups excluding carboxylic acids is 1. The van der Waals surface area contributed by atoms with Crippen LogP contribution in [0, 0.1) is 32.1 Å². The van der Waals surface area contributed by atoms with Crippen molar-refractivity contribution in [2.45, 2.75) is 41.2 Å². The van der Waals surface area contributed by atoms with Gasteiger partial charge in [0.15, 0.2) is 16.6 Å². The number of aromatic nitrogens is 1. The van der Waals surface area contributed by atoms with Crippen LogP contribution in [0.15, 0.2) is 35.7 Å². The van der Waals surface area contributed by atoms with E-state index in [9.17, 15) is 4.79 Å². The van der Waals surface area contributed by atoms with Gasteiger partial charge in [0.25, 0.3) is 0 Å². The van der Waals surface area contributed by atoms with Crippen LogP contribution in [0.25, 0.3) is 0 Å². The number of anilines is 2. The van der Waals surface area contributed by atoms with Crippen molar-refractivity contribution in [1.29, 1.82) is 5.26 Å². The van der Waals surface area contributed by atoms with Gasteiger partial charge in [-0.3, -0.25) is 9.69 Å². The maximum atomic E-state index is 12.5. The molecule has 3 aromatic rings. The summed E-state index contributed by atoms with van der Waals surface area (Å²) >= 11 is 1.40. The van der Waals surface area contributed by atoms with E-state index in [4.69, 9.17) is 14.7 Å². The molecule has 0 aliphatic rings. The van der Waals surface area contributed by atoms with Crippen molar-refractivity contribution in [3.05, 3.63) is 63.7 Å². The first-order chi connectivity index (χ1) is 14.8. The molecule has 0 fully saturated rings. The lowest BCUT2D eigenvalue weighted by Gasteiger charge is -2.23. The third-order valence-corrected chi connectivity index (χ3v) is 5.53. The summed E-state index contributed by atoms with van der Waals surface area (Å²) in [5.41, 5.74) is 5.29. The molecule has 0 N–H and O–H groups in total. The molecule has 31 heavy (non-hydrogen) atoms. The quantitative estimate of drug-likeness (QED) is 0.483. The molecule has 0 bridgehead atoms. The SMILES string of the molecule is CCOc1cc(C#N)ccc1OCc1csc(N(C(C)=O)c2c(C)cc(C)cc2C)n1. The maximum absolute atomic E-state index is 12.5. The molecule has 0 saturated heterocycles. The predicted molar refractivity (Wildman–Crippen MR) is 122 cm³/mol.